The van der Waals surface area contributed by atoms with Crippen molar-refractivity contribution in [3.8, 4) is 0 Å². The van der Waals surface area contributed by atoms with Crippen LogP contribution in [0.5, 0.6) is 0 Å². The van der Waals surface area contributed by atoms with Gasteiger partial charge in [-0.2, -0.15) is 0 Å². The van der Waals surface area contributed by atoms with E-state index in [4.69, 9.17) is 10.5 Å². The second-order valence-electron chi connectivity index (χ2n) is 4.39. The Morgan fingerprint density at radius 3 is 2.41 bits per heavy atom. The Hall–Kier alpha value is -1.70. The van der Waals surface area contributed by atoms with Crippen LogP contribution < -0.4 is 5.73 Å². The Kier molecular flexibility index (Phi) is 5.34. The molecular formula is C15H21NO. The highest BCUT2D eigenvalue weighted by molar-refractivity contribution is 5.60. The van der Waals surface area contributed by atoms with Crippen LogP contribution >= 0.6 is 0 Å². The lowest BCUT2D eigenvalue weighted by Crippen LogP contribution is -1.94. The summed E-state index contributed by atoms with van der Waals surface area (Å²) in [6, 6.07) is 8.46. The second kappa shape index (κ2) is 6.79. The van der Waals surface area contributed by atoms with Gasteiger partial charge in [0.25, 0.3) is 0 Å². The molecule has 0 amide bonds. The Balaban J connectivity index is 2.78. The summed E-state index contributed by atoms with van der Waals surface area (Å²) in [4.78, 5) is 0. The van der Waals surface area contributed by atoms with Crippen molar-refractivity contribution in [2.75, 3.05) is 0 Å². The van der Waals surface area contributed by atoms with Gasteiger partial charge in [0.2, 0.25) is 0 Å². The van der Waals surface area contributed by atoms with Gasteiger partial charge in [-0.05, 0) is 30.9 Å². The quantitative estimate of drug-likeness (QED) is 0.784. The van der Waals surface area contributed by atoms with Gasteiger partial charge in [0.05, 0.1) is 0 Å². The molecule has 2 N–H and O–H groups in total. The molecule has 0 aliphatic rings. The molecule has 0 bridgehead atoms. The van der Waals surface area contributed by atoms with Crippen LogP contribution in [-0.2, 0) is 11.2 Å². The molecule has 92 valence electrons. The summed E-state index contributed by atoms with van der Waals surface area (Å²) in [7, 11) is 0. The topological polar surface area (TPSA) is 35.2 Å². The Morgan fingerprint density at radius 2 is 1.94 bits per heavy atom. The molecule has 0 radical (unpaired) electrons. The van der Waals surface area contributed by atoms with Crippen LogP contribution in [-0.4, -0.2) is 0 Å². The van der Waals surface area contributed by atoms with Crippen molar-refractivity contribution < 1.29 is 4.74 Å². The maximum Gasteiger partial charge on any atom is 0.129 e. The van der Waals surface area contributed by atoms with Crippen molar-refractivity contribution in [2.24, 2.45) is 11.7 Å². The Labute approximate surface area is 104 Å². The van der Waals surface area contributed by atoms with Gasteiger partial charge < -0.3 is 10.5 Å². The molecule has 0 saturated carbocycles. The molecule has 0 heterocycles. The molecule has 1 aromatic rings. The van der Waals surface area contributed by atoms with E-state index in [1.165, 1.54) is 18.0 Å². The minimum absolute atomic E-state index is 0.679. The third-order valence-electron chi connectivity index (χ3n) is 2.42. The van der Waals surface area contributed by atoms with E-state index in [9.17, 15) is 0 Å². The molecule has 2 heteroatoms. The zero-order chi connectivity index (χ0) is 12.7. The van der Waals surface area contributed by atoms with E-state index in [-0.39, 0.29) is 0 Å². The van der Waals surface area contributed by atoms with Crippen molar-refractivity contribution in [1.29, 1.82) is 0 Å². The summed E-state index contributed by atoms with van der Waals surface area (Å²) in [5.41, 5.74) is 7.68. The molecule has 2 nitrogen and oxygen atoms in total. The normalized spacial score (nSPS) is 12.4. The zero-order valence-corrected chi connectivity index (χ0v) is 10.8. The lowest BCUT2D eigenvalue weighted by atomic mass is 10.0. The van der Waals surface area contributed by atoms with Crippen molar-refractivity contribution in [3.05, 3.63) is 53.9 Å². The average molecular weight is 231 g/mol. The van der Waals surface area contributed by atoms with Crippen molar-refractivity contribution in [2.45, 2.75) is 27.2 Å². The lowest BCUT2D eigenvalue weighted by Gasteiger charge is -2.08. The molecule has 0 aliphatic heterocycles. The molecule has 0 aliphatic carbocycles. The molecule has 0 spiro atoms. The summed E-state index contributed by atoms with van der Waals surface area (Å²) in [6.07, 6.45) is 5.90. The van der Waals surface area contributed by atoms with Crippen molar-refractivity contribution in [1.82, 2.24) is 0 Å². The van der Waals surface area contributed by atoms with Gasteiger partial charge in [-0.3, -0.25) is 0 Å². The van der Waals surface area contributed by atoms with Gasteiger partial charge in [-0.25, -0.2) is 0 Å². The predicted octanol–water partition coefficient (Wildman–Crippen LogP) is 3.69. The summed E-state index contributed by atoms with van der Waals surface area (Å²) in [5, 5.41) is 0. The van der Waals surface area contributed by atoms with E-state index in [2.05, 4.69) is 38.1 Å². The van der Waals surface area contributed by atoms with Crippen LogP contribution in [0.4, 0.5) is 0 Å². The van der Waals surface area contributed by atoms with Crippen molar-refractivity contribution >= 4 is 5.76 Å². The van der Waals surface area contributed by atoms with E-state index in [1.807, 2.05) is 13.0 Å². The molecule has 1 rings (SSSR count). The highest BCUT2D eigenvalue weighted by atomic mass is 16.5. The van der Waals surface area contributed by atoms with Gasteiger partial charge in [0.15, 0.2) is 0 Å². The first kappa shape index (κ1) is 13.4. The highest BCUT2D eigenvalue weighted by Crippen LogP contribution is 2.18. The van der Waals surface area contributed by atoms with Crippen LogP contribution in [0.25, 0.3) is 5.76 Å². The summed E-state index contributed by atoms with van der Waals surface area (Å²) < 4.78 is 5.40. The van der Waals surface area contributed by atoms with Gasteiger partial charge in [0, 0.05) is 11.8 Å². The standard InChI is InChI=1S/C15H21NO/c1-4-15(17-10-9-16)14-7-5-13(6-8-14)11-12(2)3/h4-10,12H,11,16H2,1-3H3/b10-9-,15-4-. The smallest absolute Gasteiger partial charge is 0.129 e. The first-order valence-corrected chi connectivity index (χ1v) is 5.96. The van der Waals surface area contributed by atoms with Gasteiger partial charge in [0.1, 0.15) is 12.0 Å². The maximum absolute atomic E-state index is 5.40. The Bertz CT molecular complexity index is 388. The fourth-order valence-electron chi connectivity index (χ4n) is 1.69. The third-order valence-corrected chi connectivity index (χ3v) is 2.42. The molecule has 0 fully saturated rings. The fraction of sp³-hybridized carbons (Fsp3) is 0.333. The average Bonchev–Trinajstić information content (AvgIpc) is 2.31. The summed E-state index contributed by atoms with van der Waals surface area (Å²) in [5.74, 6) is 1.50. The van der Waals surface area contributed by atoms with E-state index >= 15 is 0 Å². The number of benzene rings is 1. The number of rotatable bonds is 5. The second-order valence-corrected chi connectivity index (χ2v) is 4.39. The molecular weight excluding hydrogens is 210 g/mol. The van der Waals surface area contributed by atoms with Crippen LogP contribution in [0, 0.1) is 5.92 Å². The van der Waals surface area contributed by atoms with Crippen LogP contribution in [0.1, 0.15) is 31.9 Å². The highest BCUT2D eigenvalue weighted by Gasteiger charge is 2.02. The minimum atomic E-state index is 0.679. The largest absolute Gasteiger partial charge is 0.463 e. The maximum atomic E-state index is 5.40. The van der Waals surface area contributed by atoms with Gasteiger partial charge in [-0.15, -0.1) is 0 Å². The first-order valence-electron chi connectivity index (χ1n) is 5.96. The van der Waals surface area contributed by atoms with Crippen LogP contribution in [0.3, 0.4) is 0 Å². The van der Waals surface area contributed by atoms with Gasteiger partial charge in [-0.1, -0.05) is 38.1 Å². The van der Waals surface area contributed by atoms with E-state index in [0.29, 0.717) is 5.92 Å². The lowest BCUT2D eigenvalue weighted by molar-refractivity contribution is 0.434. The number of hydrogen-bond acceptors (Lipinski definition) is 2. The fourth-order valence-corrected chi connectivity index (χ4v) is 1.69. The Morgan fingerprint density at radius 1 is 1.29 bits per heavy atom. The number of allylic oxidation sites excluding steroid dienone is 1. The SMILES string of the molecule is C/C=C(\O/C=C\N)c1ccc(CC(C)C)cc1. The van der Waals surface area contributed by atoms with Crippen LogP contribution in [0.2, 0.25) is 0 Å². The van der Waals surface area contributed by atoms with E-state index in [1.54, 1.807) is 0 Å². The number of hydrogen-bond donors (Lipinski definition) is 1. The zero-order valence-electron chi connectivity index (χ0n) is 10.8. The van der Waals surface area contributed by atoms with Crippen molar-refractivity contribution in [3.63, 3.8) is 0 Å². The molecule has 0 aromatic heterocycles. The minimum Gasteiger partial charge on any atom is -0.463 e. The third kappa shape index (κ3) is 4.35. The van der Waals surface area contributed by atoms with Gasteiger partial charge >= 0.3 is 0 Å². The molecule has 0 saturated heterocycles. The summed E-state index contributed by atoms with van der Waals surface area (Å²) >= 11 is 0. The molecule has 0 unspecified atom stereocenters. The molecule has 0 atom stereocenters. The van der Waals surface area contributed by atoms with E-state index < -0.39 is 0 Å². The monoisotopic (exact) mass is 231 g/mol. The van der Waals surface area contributed by atoms with Crippen LogP contribution in [0.15, 0.2) is 42.8 Å². The first-order chi connectivity index (χ1) is 8.17. The van der Waals surface area contributed by atoms with E-state index in [0.717, 1.165) is 17.7 Å². The molecule has 17 heavy (non-hydrogen) atoms. The molecule has 1 aromatic carbocycles. The number of ether oxygens (including phenoxy) is 1. The number of nitrogens with two attached hydrogens (primary N) is 1. The predicted molar refractivity (Wildman–Crippen MR) is 73.0 cm³/mol. The summed E-state index contributed by atoms with van der Waals surface area (Å²) in [6.45, 7) is 6.39.